The molecule has 2 nitrogen and oxygen atoms in total. The summed E-state index contributed by atoms with van der Waals surface area (Å²) < 4.78 is 1.95. The van der Waals surface area contributed by atoms with Crippen LogP contribution in [0.15, 0.2) is 6.20 Å². The lowest BCUT2D eigenvalue weighted by atomic mass is 10.3. The van der Waals surface area contributed by atoms with E-state index in [1.54, 1.807) is 0 Å². The van der Waals surface area contributed by atoms with E-state index in [4.69, 9.17) is 0 Å². The Bertz CT molecular complexity index is 200. The van der Waals surface area contributed by atoms with Gasteiger partial charge in [-0.05, 0) is 12.5 Å². The van der Waals surface area contributed by atoms with Crippen molar-refractivity contribution in [2.75, 3.05) is 0 Å². The number of aromatic nitrogens is 2. The maximum absolute atomic E-state index is 4.07. The average molecular weight is 94.1 g/mol. The number of nitrogens with zero attached hydrogens (tertiary/aromatic N) is 2. The van der Waals surface area contributed by atoms with Crippen LogP contribution in [0.1, 0.15) is 11.3 Å². The molecule has 0 N–H and O–H groups in total. The lowest BCUT2D eigenvalue weighted by molar-refractivity contribution is 0.580. The number of fused-ring (bicyclic) bond motifs is 1. The number of hydrogen-bond donors (Lipinski definition) is 0. The molecule has 1 aromatic rings. The van der Waals surface area contributed by atoms with Crippen LogP contribution in [0, 0.1) is 6.92 Å². The first-order chi connectivity index (χ1) is 3.36. The van der Waals surface area contributed by atoms with Crippen molar-refractivity contribution >= 4 is 0 Å². The maximum atomic E-state index is 4.07. The Kier molecular flexibility index (Phi) is 0.340. The summed E-state index contributed by atoms with van der Waals surface area (Å²) in [5.74, 6) is 0. The Labute approximate surface area is 41.8 Å². The summed E-state index contributed by atoms with van der Waals surface area (Å²) in [4.78, 5) is 0. The molecule has 0 spiro atoms. The first-order valence-electron chi connectivity index (χ1n) is 2.39. The van der Waals surface area contributed by atoms with Gasteiger partial charge in [0.15, 0.2) is 0 Å². The van der Waals surface area contributed by atoms with Gasteiger partial charge in [0.1, 0.15) is 0 Å². The number of hydrogen-bond acceptors (Lipinski definition) is 1. The summed E-state index contributed by atoms with van der Waals surface area (Å²) in [6, 6.07) is 0. The predicted octanol–water partition coefficient (Wildman–Crippen LogP) is 0.553. The highest BCUT2D eigenvalue weighted by molar-refractivity contribution is 5.21. The molecule has 0 aliphatic carbocycles. The first-order valence-corrected chi connectivity index (χ1v) is 2.39. The van der Waals surface area contributed by atoms with Crippen LogP contribution in [0.3, 0.4) is 0 Å². The highest BCUT2D eigenvalue weighted by atomic mass is 15.3. The van der Waals surface area contributed by atoms with Crippen LogP contribution in [0.4, 0.5) is 0 Å². The third-order valence-corrected chi connectivity index (χ3v) is 1.36. The fourth-order valence-corrected chi connectivity index (χ4v) is 0.874. The lowest BCUT2D eigenvalue weighted by Gasteiger charge is -2.03. The monoisotopic (exact) mass is 94.1 g/mol. The molecule has 0 saturated heterocycles. The third kappa shape index (κ3) is 0.232. The zero-order chi connectivity index (χ0) is 4.85. The molecule has 2 aliphatic rings. The van der Waals surface area contributed by atoms with E-state index in [2.05, 4.69) is 18.2 Å². The van der Waals surface area contributed by atoms with Gasteiger partial charge in [-0.3, -0.25) is 4.68 Å². The zero-order valence-electron chi connectivity index (χ0n) is 4.18. The van der Waals surface area contributed by atoms with Gasteiger partial charge in [-0.15, -0.1) is 0 Å². The minimum Gasteiger partial charge on any atom is -0.266 e. The van der Waals surface area contributed by atoms with Crippen molar-refractivity contribution in [1.82, 2.24) is 9.78 Å². The van der Waals surface area contributed by atoms with E-state index in [1.165, 1.54) is 11.3 Å². The molecule has 36 valence electrons. The SMILES string of the molecule is Cc1cn2nc1C2. The van der Waals surface area contributed by atoms with Gasteiger partial charge in [0.05, 0.1) is 12.2 Å². The molecule has 7 heavy (non-hydrogen) atoms. The molecular formula is C5H6N2. The van der Waals surface area contributed by atoms with Crippen LogP contribution in [-0.2, 0) is 6.54 Å². The van der Waals surface area contributed by atoms with Gasteiger partial charge in [-0.1, -0.05) is 0 Å². The van der Waals surface area contributed by atoms with Crippen LogP contribution in [0.2, 0.25) is 0 Å². The van der Waals surface area contributed by atoms with Crippen LogP contribution < -0.4 is 0 Å². The predicted molar refractivity (Wildman–Crippen MR) is 26.1 cm³/mol. The van der Waals surface area contributed by atoms with Gasteiger partial charge in [-0.25, -0.2) is 0 Å². The number of rotatable bonds is 0. The van der Waals surface area contributed by atoms with Gasteiger partial charge < -0.3 is 0 Å². The lowest BCUT2D eigenvalue weighted by Crippen LogP contribution is -2.09. The molecule has 0 fully saturated rings. The minimum atomic E-state index is 1.06. The van der Waals surface area contributed by atoms with E-state index in [0.717, 1.165) is 6.54 Å². The van der Waals surface area contributed by atoms with Crippen LogP contribution >= 0.6 is 0 Å². The topological polar surface area (TPSA) is 17.8 Å². The van der Waals surface area contributed by atoms with E-state index < -0.39 is 0 Å². The summed E-state index contributed by atoms with van der Waals surface area (Å²) in [6.45, 7) is 3.15. The quantitative estimate of drug-likeness (QED) is 0.466. The minimum absolute atomic E-state index is 1.06. The first kappa shape index (κ1) is 3.24. The normalized spacial score (nSPS) is 13.9. The second-order valence-corrected chi connectivity index (χ2v) is 1.96. The Morgan fingerprint density at radius 2 is 2.57 bits per heavy atom. The Balaban J connectivity index is 2.81. The molecule has 0 saturated carbocycles. The second kappa shape index (κ2) is 0.735. The van der Waals surface area contributed by atoms with Gasteiger partial charge in [0.25, 0.3) is 0 Å². The van der Waals surface area contributed by atoms with Crippen LogP contribution in [0.5, 0.6) is 0 Å². The van der Waals surface area contributed by atoms with Crippen molar-refractivity contribution in [2.45, 2.75) is 13.5 Å². The van der Waals surface area contributed by atoms with Crippen molar-refractivity contribution in [1.29, 1.82) is 0 Å². The fraction of sp³-hybridized carbons (Fsp3) is 0.400. The Morgan fingerprint density at radius 3 is 2.71 bits per heavy atom. The summed E-state index contributed by atoms with van der Waals surface area (Å²) in [7, 11) is 0. The summed E-state index contributed by atoms with van der Waals surface area (Å²) in [6.07, 6.45) is 2.06. The highest BCUT2D eigenvalue weighted by Crippen LogP contribution is 2.14. The molecule has 3 heterocycles. The van der Waals surface area contributed by atoms with Gasteiger partial charge >= 0.3 is 0 Å². The smallest absolute Gasteiger partial charge is 0.0868 e. The van der Waals surface area contributed by atoms with Crippen molar-refractivity contribution in [2.24, 2.45) is 0 Å². The summed E-state index contributed by atoms with van der Waals surface area (Å²) >= 11 is 0. The third-order valence-electron chi connectivity index (χ3n) is 1.36. The fourth-order valence-electron chi connectivity index (χ4n) is 0.874. The molecule has 0 amide bonds. The molecule has 3 rings (SSSR count). The summed E-state index contributed by atoms with van der Waals surface area (Å²) in [5, 5.41) is 4.07. The standard InChI is InChI=1S/C5H6N2/c1-4-2-7-3-5(4)6-7/h2H,3H2,1H3. The van der Waals surface area contributed by atoms with Crippen molar-refractivity contribution in [3.63, 3.8) is 0 Å². The molecular weight excluding hydrogens is 88.1 g/mol. The summed E-state index contributed by atoms with van der Waals surface area (Å²) in [5.41, 5.74) is 2.60. The molecule has 2 heteroatoms. The molecule has 1 aromatic heterocycles. The van der Waals surface area contributed by atoms with Crippen LogP contribution in [0.25, 0.3) is 0 Å². The average Bonchev–Trinajstić information content (AvgIpc) is 1.85. The van der Waals surface area contributed by atoms with Crippen molar-refractivity contribution in [3.05, 3.63) is 17.5 Å². The molecule has 2 bridgehead atoms. The van der Waals surface area contributed by atoms with E-state index >= 15 is 0 Å². The largest absolute Gasteiger partial charge is 0.266 e. The molecule has 2 aliphatic heterocycles. The van der Waals surface area contributed by atoms with E-state index in [1.807, 2.05) is 4.68 Å². The Hall–Kier alpha value is -0.790. The van der Waals surface area contributed by atoms with Crippen LogP contribution in [-0.4, -0.2) is 9.78 Å². The molecule has 0 atom stereocenters. The molecule has 0 unspecified atom stereocenters. The molecule has 0 radical (unpaired) electrons. The van der Waals surface area contributed by atoms with Gasteiger partial charge in [0.2, 0.25) is 0 Å². The van der Waals surface area contributed by atoms with E-state index in [9.17, 15) is 0 Å². The number of aryl methyl sites for hydroxylation is 1. The molecule has 0 aromatic carbocycles. The van der Waals surface area contributed by atoms with E-state index in [0.29, 0.717) is 0 Å². The van der Waals surface area contributed by atoms with Crippen molar-refractivity contribution < 1.29 is 0 Å². The van der Waals surface area contributed by atoms with Crippen molar-refractivity contribution in [3.8, 4) is 0 Å². The Morgan fingerprint density at radius 1 is 1.86 bits per heavy atom. The second-order valence-electron chi connectivity index (χ2n) is 1.96. The maximum Gasteiger partial charge on any atom is 0.0868 e. The van der Waals surface area contributed by atoms with Gasteiger partial charge in [-0.2, -0.15) is 5.10 Å². The zero-order valence-corrected chi connectivity index (χ0v) is 4.18. The van der Waals surface area contributed by atoms with E-state index in [-0.39, 0.29) is 0 Å². The van der Waals surface area contributed by atoms with Gasteiger partial charge in [0, 0.05) is 6.20 Å². The highest BCUT2D eigenvalue weighted by Gasteiger charge is 2.13.